The Morgan fingerprint density at radius 2 is 1.61 bits per heavy atom. The molecule has 0 heterocycles. The largest absolute Gasteiger partial charge is 0.477 e. The molecule has 0 saturated carbocycles. The monoisotopic (exact) mass is 519 g/mol. The summed E-state index contributed by atoms with van der Waals surface area (Å²) < 4.78 is 44.4. The molecule has 33 heavy (non-hydrogen) atoms. The molecule has 9 heteroatoms. The van der Waals surface area contributed by atoms with Crippen molar-refractivity contribution in [2.75, 3.05) is 0 Å². The van der Waals surface area contributed by atoms with Gasteiger partial charge in [-0.3, -0.25) is 4.79 Å². The number of rotatable bonds is 7. The number of carbonyl (C=O) groups is 2. The van der Waals surface area contributed by atoms with Crippen LogP contribution in [-0.2, 0) is 22.2 Å². The predicted molar refractivity (Wildman–Crippen MR) is 120 cm³/mol. The van der Waals surface area contributed by atoms with Gasteiger partial charge in [-0.25, -0.2) is 4.79 Å². The van der Waals surface area contributed by atoms with Crippen molar-refractivity contribution in [1.82, 2.24) is 5.32 Å². The SMILES string of the molecule is O=C(Cc1ccc(C(F)(F)F)cc1)N/C(=C/c1ccc(Oc2ccccc2Br)cc1)C(=O)O. The van der Waals surface area contributed by atoms with Crippen LogP contribution in [0.3, 0.4) is 0 Å². The average molecular weight is 520 g/mol. The van der Waals surface area contributed by atoms with Crippen molar-refractivity contribution >= 4 is 33.9 Å². The van der Waals surface area contributed by atoms with Crippen molar-refractivity contribution in [3.05, 3.63) is 99.7 Å². The first-order valence-corrected chi connectivity index (χ1v) is 10.3. The van der Waals surface area contributed by atoms with Gasteiger partial charge in [0.2, 0.25) is 5.91 Å². The van der Waals surface area contributed by atoms with Gasteiger partial charge in [0.15, 0.2) is 0 Å². The first-order chi connectivity index (χ1) is 15.6. The number of ether oxygens (including phenoxy) is 1. The maximum Gasteiger partial charge on any atom is 0.416 e. The third kappa shape index (κ3) is 6.95. The average Bonchev–Trinajstić information content (AvgIpc) is 2.76. The fraction of sp³-hybridized carbons (Fsp3) is 0.0833. The Hall–Kier alpha value is -3.59. The molecule has 3 aromatic carbocycles. The first kappa shape index (κ1) is 24.1. The lowest BCUT2D eigenvalue weighted by Gasteiger charge is -2.09. The second-order valence-corrected chi connectivity index (χ2v) is 7.74. The van der Waals surface area contributed by atoms with E-state index in [-0.39, 0.29) is 12.1 Å². The van der Waals surface area contributed by atoms with Crippen molar-refractivity contribution in [3.8, 4) is 11.5 Å². The fourth-order valence-corrected chi connectivity index (χ4v) is 3.16. The number of benzene rings is 3. The number of para-hydroxylation sites is 1. The molecule has 0 radical (unpaired) electrons. The number of nitrogens with one attached hydrogen (secondary N) is 1. The van der Waals surface area contributed by atoms with Crippen LogP contribution in [0.5, 0.6) is 11.5 Å². The highest BCUT2D eigenvalue weighted by Crippen LogP contribution is 2.30. The molecule has 170 valence electrons. The summed E-state index contributed by atoms with van der Waals surface area (Å²) in [6, 6.07) is 17.9. The zero-order chi connectivity index (χ0) is 24.0. The Morgan fingerprint density at radius 1 is 0.970 bits per heavy atom. The molecule has 0 aromatic heterocycles. The van der Waals surface area contributed by atoms with Gasteiger partial charge in [0, 0.05) is 0 Å². The number of carbonyl (C=O) groups excluding carboxylic acids is 1. The molecule has 5 nitrogen and oxygen atoms in total. The van der Waals surface area contributed by atoms with E-state index in [0.29, 0.717) is 22.6 Å². The number of amides is 1. The van der Waals surface area contributed by atoms with E-state index in [1.165, 1.54) is 18.2 Å². The summed E-state index contributed by atoms with van der Waals surface area (Å²) in [7, 11) is 0. The van der Waals surface area contributed by atoms with Crippen LogP contribution < -0.4 is 10.1 Å². The lowest BCUT2D eigenvalue weighted by atomic mass is 10.1. The third-order valence-electron chi connectivity index (χ3n) is 4.41. The summed E-state index contributed by atoms with van der Waals surface area (Å²) in [5.74, 6) is -0.883. The quantitative estimate of drug-likeness (QED) is 0.373. The fourth-order valence-electron chi connectivity index (χ4n) is 2.80. The van der Waals surface area contributed by atoms with Crippen LogP contribution in [0.2, 0.25) is 0 Å². The van der Waals surface area contributed by atoms with Crippen molar-refractivity contribution in [3.63, 3.8) is 0 Å². The van der Waals surface area contributed by atoms with Crippen molar-refractivity contribution in [1.29, 1.82) is 0 Å². The van der Waals surface area contributed by atoms with Gasteiger partial charge in [0.05, 0.1) is 16.5 Å². The molecule has 0 saturated heterocycles. The number of hydrogen-bond acceptors (Lipinski definition) is 3. The molecule has 0 unspecified atom stereocenters. The van der Waals surface area contributed by atoms with E-state index in [1.54, 1.807) is 30.3 Å². The van der Waals surface area contributed by atoms with Gasteiger partial charge < -0.3 is 15.2 Å². The van der Waals surface area contributed by atoms with Crippen LogP contribution in [0.4, 0.5) is 13.2 Å². The van der Waals surface area contributed by atoms with Gasteiger partial charge in [-0.2, -0.15) is 13.2 Å². The molecule has 3 aromatic rings. The molecular weight excluding hydrogens is 503 g/mol. The number of alkyl halides is 3. The minimum atomic E-state index is -4.47. The minimum absolute atomic E-state index is 0.276. The summed E-state index contributed by atoms with van der Waals surface area (Å²) in [5, 5.41) is 11.7. The molecule has 2 N–H and O–H groups in total. The molecule has 0 atom stereocenters. The molecule has 0 aliphatic heterocycles. The third-order valence-corrected chi connectivity index (χ3v) is 5.06. The molecule has 1 amide bonds. The lowest BCUT2D eigenvalue weighted by molar-refractivity contribution is -0.137. The highest BCUT2D eigenvalue weighted by Gasteiger charge is 2.30. The van der Waals surface area contributed by atoms with Crippen LogP contribution in [0, 0.1) is 0 Å². The Labute approximate surface area is 195 Å². The van der Waals surface area contributed by atoms with Gasteiger partial charge >= 0.3 is 12.1 Å². The van der Waals surface area contributed by atoms with E-state index >= 15 is 0 Å². The lowest BCUT2D eigenvalue weighted by Crippen LogP contribution is -2.28. The van der Waals surface area contributed by atoms with E-state index in [4.69, 9.17) is 4.74 Å². The van der Waals surface area contributed by atoms with Crippen molar-refractivity contribution in [2.45, 2.75) is 12.6 Å². The van der Waals surface area contributed by atoms with Crippen LogP contribution in [-0.4, -0.2) is 17.0 Å². The molecule has 0 aliphatic rings. The van der Waals surface area contributed by atoms with Crippen LogP contribution in [0.15, 0.2) is 83.0 Å². The summed E-state index contributed by atoms with van der Waals surface area (Å²) in [5.41, 5.74) is -0.378. The summed E-state index contributed by atoms with van der Waals surface area (Å²) in [6.45, 7) is 0. The van der Waals surface area contributed by atoms with Crippen LogP contribution in [0.1, 0.15) is 16.7 Å². The maximum atomic E-state index is 12.6. The Kier molecular flexibility index (Phi) is 7.55. The number of carboxylic acid groups (broad SMARTS) is 1. The van der Waals surface area contributed by atoms with E-state index in [2.05, 4.69) is 21.2 Å². The Balaban J connectivity index is 1.67. The highest BCUT2D eigenvalue weighted by molar-refractivity contribution is 9.10. The standard InChI is InChI=1S/C24H17BrF3NO4/c25-19-3-1-2-4-21(19)33-18-11-7-15(8-12-18)13-20(23(31)32)29-22(30)14-16-5-9-17(10-6-16)24(26,27)28/h1-13H,14H2,(H,29,30)(H,31,32)/b20-13+. The highest BCUT2D eigenvalue weighted by atomic mass is 79.9. The van der Waals surface area contributed by atoms with E-state index < -0.39 is 23.6 Å². The van der Waals surface area contributed by atoms with Gasteiger partial charge in [0.25, 0.3) is 0 Å². The molecule has 0 bridgehead atoms. The maximum absolute atomic E-state index is 12.6. The van der Waals surface area contributed by atoms with E-state index in [1.807, 2.05) is 18.2 Å². The van der Waals surface area contributed by atoms with Crippen molar-refractivity contribution in [2.24, 2.45) is 0 Å². The number of aliphatic carboxylic acids is 1. The molecule has 3 rings (SSSR count). The topological polar surface area (TPSA) is 75.6 Å². The number of carboxylic acids is 1. The zero-order valence-corrected chi connectivity index (χ0v) is 18.5. The normalized spacial score (nSPS) is 11.7. The van der Waals surface area contributed by atoms with Gasteiger partial charge in [-0.1, -0.05) is 36.4 Å². The van der Waals surface area contributed by atoms with E-state index in [0.717, 1.165) is 16.6 Å². The number of halogens is 4. The van der Waals surface area contributed by atoms with Gasteiger partial charge in [-0.05, 0) is 69.5 Å². The molecular formula is C24H17BrF3NO4. The second kappa shape index (κ2) is 10.4. The summed E-state index contributed by atoms with van der Waals surface area (Å²) in [6.07, 6.45) is -3.48. The van der Waals surface area contributed by atoms with Crippen LogP contribution >= 0.6 is 15.9 Å². The van der Waals surface area contributed by atoms with Crippen molar-refractivity contribution < 1.29 is 32.6 Å². The van der Waals surface area contributed by atoms with Gasteiger partial charge in [-0.15, -0.1) is 0 Å². The number of hydrogen-bond donors (Lipinski definition) is 2. The van der Waals surface area contributed by atoms with Gasteiger partial charge in [0.1, 0.15) is 17.2 Å². The Bertz CT molecular complexity index is 1170. The molecule has 0 fully saturated rings. The van der Waals surface area contributed by atoms with Crippen LogP contribution in [0.25, 0.3) is 6.08 Å². The second-order valence-electron chi connectivity index (χ2n) is 6.88. The molecule has 0 aliphatic carbocycles. The summed E-state index contributed by atoms with van der Waals surface area (Å²) in [4.78, 5) is 23.8. The van der Waals surface area contributed by atoms with E-state index in [9.17, 15) is 27.9 Å². The predicted octanol–water partition coefficient (Wildman–Crippen LogP) is 6.04. The zero-order valence-electron chi connectivity index (χ0n) is 16.9. The Morgan fingerprint density at radius 3 is 2.18 bits per heavy atom. The molecule has 0 spiro atoms. The first-order valence-electron chi connectivity index (χ1n) is 9.55. The smallest absolute Gasteiger partial charge is 0.416 e. The summed E-state index contributed by atoms with van der Waals surface area (Å²) >= 11 is 3.39. The minimum Gasteiger partial charge on any atom is -0.477 e.